The molecule has 4 nitrogen and oxygen atoms in total. The Kier molecular flexibility index (Phi) is 10.3. The molecular weight excluding hydrogens is 364 g/mol. The smallest absolute Gasteiger partial charge is 0.126 e. The van der Waals surface area contributed by atoms with E-state index in [2.05, 4.69) is 33.8 Å². The standard InChI is InChI=1S/C25H42O4/c1-5-6-7-8-20-16-23(27)25(24(17-20)29-14-13-28-12-11-26)22-15-19(4)9-10-21(22)18(2)3/h16-19,21-22,26-27H,5-15H2,1-4H3/t19-,21-,22+/m0/s1. The highest BCUT2D eigenvalue weighted by molar-refractivity contribution is 5.50. The molecule has 0 amide bonds. The Morgan fingerprint density at radius 1 is 1.10 bits per heavy atom. The quantitative estimate of drug-likeness (QED) is 0.438. The Morgan fingerprint density at radius 2 is 1.90 bits per heavy atom. The van der Waals surface area contributed by atoms with Crippen LogP contribution in [0.5, 0.6) is 11.5 Å². The Hall–Kier alpha value is -1.26. The molecule has 3 atom stereocenters. The SMILES string of the molecule is CCCCCc1cc(O)c([C@@H]2C[C@@H](C)CC[C@H]2C(C)C)c(OCCOCCO)c1. The fourth-order valence-corrected chi connectivity index (χ4v) is 4.79. The van der Waals surface area contributed by atoms with Crippen LogP contribution in [0.3, 0.4) is 0 Å². The van der Waals surface area contributed by atoms with Crippen molar-refractivity contribution in [3.05, 3.63) is 23.3 Å². The molecule has 166 valence electrons. The maximum absolute atomic E-state index is 11.1. The first-order valence-corrected chi connectivity index (χ1v) is 11.6. The lowest BCUT2D eigenvalue weighted by molar-refractivity contribution is 0.0697. The Labute approximate surface area is 177 Å². The van der Waals surface area contributed by atoms with E-state index in [-0.39, 0.29) is 6.61 Å². The number of unbranched alkanes of at least 4 members (excludes halogenated alkanes) is 2. The topological polar surface area (TPSA) is 58.9 Å². The first kappa shape index (κ1) is 24.0. The van der Waals surface area contributed by atoms with Gasteiger partial charge in [-0.2, -0.15) is 0 Å². The monoisotopic (exact) mass is 406 g/mol. The van der Waals surface area contributed by atoms with Crippen molar-refractivity contribution in [3.8, 4) is 11.5 Å². The molecule has 0 unspecified atom stereocenters. The molecule has 0 spiro atoms. The molecule has 4 heteroatoms. The van der Waals surface area contributed by atoms with Crippen molar-refractivity contribution in [1.29, 1.82) is 0 Å². The van der Waals surface area contributed by atoms with Crippen LogP contribution in [-0.4, -0.2) is 36.6 Å². The third-order valence-corrected chi connectivity index (χ3v) is 6.36. The first-order chi connectivity index (χ1) is 14.0. The third-order valence-electron chi connectivity index (χ3n) is 6.36. The van der Waals surface area contributed by atoms with Crippen LogP contribution < -0.4 is 4.74 Å². The molecule has 0 aromatic heterocycles. The minimum absolute atomic E-state index is 0.0228. The van der Waals surface area contributed by atoms with E-state index in [0.29, 0.717) is 49.2 Å². The maximum atomic E-state index is 11.1. The molecular formula is C25H42O4. The van der Waals surface area contributed by atoms with Crippen LogP contribution in [0.25, 0.3) is 0 Å². The zero-order valence-electron chi connectivity index (χ0n) is 19.0. The highest BCUT2D eigenvalue weighted by Crippen LogP contribution is 2.49. The van der Waals surface area contributed by atoms with Crippen LogP contribution in [0, 0.1) is 17.8 Å². The van der Waals surface area contributed by atoms with E-state index in [0.717, 1.165) is 36.1 Å². The van der Waals surface area contributed by atoms with Crippen molar-refractivity contribution < 1.29 is 19.7 Å². The summed E-state index contributed by atoms with van der Waals surface area (Å²) in [5.41, 5.74) is 2.15. The normalized spacial score (nSPS) is 22.2. The first-order valence-electron chi connectivity index (χ1n) is 11.6. The molecule has 0 radical (unpaired) electrons. The molecule has 29 heavy (non-hydrogen) atoms. The highest BCUT2D eigenvalue weighted by Gasteiger charge is 2.35. The fraction of sp³-hybridized carbons (Fsp3) is 0.760. The molecule has 1 aliphatic rings. The number of hydrogen-bond acceptors (Lipinski definition) is 4. The van der Waals surface area contributed by atoms with Gasteiger partial charge in [0.15, 0.2) is 0 Å². The van der Waals surface area contributed by atoms with Gasteiger partial charge in [-0.1, -0.05) is 47.0 Å². The van der Waals surface area contributed by atoms with Crippen LogP contribution in [0.2, 0.25) is 0 Å². The summed E-state index contributed by atoms with van der Waals surface area (Å²) in [5.74, 6) is 3.37. The fourth-order valence-electron chi connectivity index (χ4n) is 4.79. The van der Waals surface area contributed by atoms with Crippen molar-refractivity contribution in [2.24, 2.45) is 17.8 Å². The summed E-state index contributed by atoms with van der Waals surface area (Å²) < 4.78 is 11.5. The van der Waals surface area contributed by atoms with E-state index in [9.17, 15) is 5.11 Å². The summed E-state index contributed by atoms with van der Waals surface area (Å²) in [6.45, 7) is 10.3. The number of aliphatic hydroxyl groups excluding tert-OH is 1. The average molecular weight is 407 g/mol. The van der Waals surface area contributed by atoms with Gasteiger partial charge in [0.2, 0.25) is 0 Å². The van der Waals surface area contributed by atoms with Crippen LogP contribution >= 0.6 is 0 Å². The molecule has 1 fully saturated rings. The number of phenolic OH excluding ortho intramolecular Hbond substituents is 1. The number of aromatic hydroxyl groups is 1. The van der Waals surface area contributed by atoms with E-state index in [1.807, 2.05) is 6.07 Å². The van der Waals surface area contributed by atoms with Gasteiger partial charge in [0.25, 0.3) is 0 Å². The second kappa shape index (κ2) is 12.4. The second-order valence-electron chi connectivity index (χ2n) is 9.10. The number of phenols is 1. The molecule has 1 aromatic rings. The Balaban J connectivity index is 2.28. The number of hydrogen-bond donors (Lipinski definition) is 2. The van der Waals surface area contributed by atoms with Crippen molar-refractivity contribution >= 4 is 0 Å². The van der Waals surface area contributed by atoms with Gasteiger partial charge in [-0.3, -0.25) is 0 Å². The molecule has 2 rings (SSSR count). The van der Waals surface area contributed by atoms with Gasteiger partial charge in [0.05, 0.1) is 19.8 Å². The zero-order chi connectivity index (χ0) is 21.2. The van der Waals surface area contributed by atoms with E-state index in [1.165, 1.54) is 25.7 Å². The molecule has 1 aliphatic carbocycles. The van der Waals surface area contributed by atoms with Crippen LogP contribution in [0.1, 0.15) is 83.3 Å². The van der Waals surface area contributed by atoms with Gasteiger partial charge in [0.1, 0.15) is 18.1 Å². The largest absolute Gasteiger partial charge is 0.508 e. The van der Waals surface area contributed by atoms with Crippen LogP contribution in [0.4, 0.5) is 0 Å². The number of benzene rings is 1. The minimum atomic E-state index is 0.0228. The van der Waals surface area contributed by atoms with Gasteiger partial charge < -0.3 is 19.7 Å². The summed E-state index contributed by atoms with van der Waals surface area (Å²) in [6, 6.07) is 4.12. The maximum Gasteiger partial charge on any atom is 0.126 e. The summed E-state index contributed by atoms with van der Waals surface area (Å²) >= 11 is 0. The predicted octanol–water partition coefficient (Wildman–Crippen LogP) is 5.69. The molecule has 0 bridgehead atoms. The number of rotatable bonds is 12. The Bertz CT molecular complexity index is 599. The van der Waals surface area contributed by atoms with Gasteiger partial charge in [-0.25, -0.2) is 0 Å². The molecule has 2 N–H and O–H groups in total. The Morgan fingerprint density at radius 3 is 2.59 bits per heavy atom. The minimum Gasteiger partial charge on any atom is -0.508 e. The van der Waals surface area contributed by atoms with Gasteiger partial charge in [-0.05, 0) is 67.1 Å². The van der Waals surface area contributed by atoms with Crippen molar-refractivity contribution in [1.82, 2.24) is 0 Å². The molecule has 0 heterocycles. The summed E-state index contributed by atoms with van der Waals surface area (Å²) in [4.78, 5) is 0. The number of aliphatic hydroxyl groups is 1. The molecule has 0 aliphatic heterocycles. The number of ether oxygens (including phenoxy) is 2. The van der Waals surface area contributed by atoms with Crippen molar-refractivity contribution in [2.45, 2.75) is 78.6 Å². The van der Waals surface area contributed by atoms with E-state index < -0.39 is 0 Å². The lowest BCUT2D eigenvalue weighted by Crippen LogP contribution is -2.26. The third kappa shape index (κ3) is 7.18. The van der Waals surface area contributed by atoms with E-state index in [4.69, 9.17) is 14.6 Å². The summed E-state index contributed by atoms with van der Waals surface area (Å²) in [7, 11) is 0. The average Bonchev–Trinajstić information content (AvgIpc) is 2.67. The van der Waals surface area contributed by atoms with E-state index in [1.54, 1.807) is 0 Å². The van der Waals surface area contributed by atoms with Gasteiger partial charge >= 0.3 is 0 Å². The van der Waals surface area contributed by atoms with Crippen LogP contribution in [0.15, 0.2) is 12.1 Å². The lowest BCUT2D eigenvalue weighted by atomic mass is 9.67. The number of aryl methyl sites for hydroxylation is 1. The molecule has 0 saturated heterocycles. The highest BCUT2D eigenvalue weighted by atomic mass is 16.5. The second-order valence-corrected chi connectivity index (χ2v) is 9.10. The van der Waals surface area contributed by atoms with Crippen LogP contribution in [-0.2, 0) is 11.2 Å². The summed E-state index contributed by atoms with van der Waals surface area (Å²) in [6.07, 6.45) is 8.05. The predicted molar refractivity (Wildman–Crippen MR) is 119 cm³/mol. The summed E-state index contributed by atoms with van der Waals surface area (Å²) in [5, 5.41) is 19.9. The zero-order valence-corrected chi connectivity index (χ0v) is 19.0. The van der Waals surface area contributed by atoms with Gasteiger partial charge in [-0.15, -0.1) is 0 Å². The van der Waals surface area contributed by atoms with Crippen molar-refractivity contribution in [2.75, 3.05) is 26.4 Å². The van der Waals surface area contributed by atoms with Crippen molar-refractivity contribution in [3.63, 3.8) is 0 Å². The van der Waals surface area contributed by atoms with Gasteiger partial charge in [0, 0.05) is 5.56 Å². The molecule has 1 aromatic carbocycles. The van der Waals surface area contributed by atoms with E-state index >= 15 is 0 Å². The lowest BCUT2D eigenvalue weighted by Gasteiger charge is -2.38. The molecule has 1 saturated carbocycles.